The van der Waals surface area contributed by atoms with E-state index < -0.39 is 34.8 Å². The lowest BCUT2D eigenvalue weighted by Crippen LogP contribution is -2.43. The molecule has 3 aromatic rings. The summed E-state index contributed by atoms with van der Waals surface area (Å²) >= 11 is 6.16. The van der Waals surface area contributed by atoms with E-state index in [1.165, 1.54) is 36.5 Å². The number of amides is 1. The van der Waals surface area contributed by atoms with Gasteiger partial charge in [-0.15, -0.1) is 0 Å². The third-order valence-electron chi connectivity index (χ3n) is 5.31. The van der Waals surface area contributed by atoms with Crippen molar-refractivity contribution >= 4 is 28.5 Å². The number of carbonyl (C=O) groups is 1. The molecular weight excluding hydrogens is 510 g/mol. The Hall–Kier alpha value is -2.96. The first-order valence-corrected chi connectivity index (χ1v) is 11.9. The molecule has 1 aromatic carbocycles. The van der Waals surface area contributed by atoms with E-state index in [2.05, 4.69) is 20.3 Å². The smallest absolute Gasteiger partial charge is 0.349 e. The predicted octanol–water partition coefficient (Wildman–Crippen LogP) is 4.15. The van der Waals surface area contributed by atoms with Gasteiger partial charge >= 0.3 is 6.18 Å². The summed E-state index contributed by atoms with van der Waals surface area (Å²) in [5.41, 5.74) is 1.02. The van der Waals surface area contributed by atoms with Gasteiger partial charge in [0.2, 0.25) is 11.7 Å². The van der Waals surface area contributed by atoms with Crippen molar-refractivity contribution in [2.75, 3.05) is 6.54 Å². The summed E-state index contributed by atoms with van der Waals surface area (Å²) in [4.78, 5) is 24.1. The van der Waals surface area contributed by atoms with Crippen LogP contribution in [0.25, 0.3) is 11.1 Å². The zero-order chi connectivity index (χ0) is 25.2. The normalized spacial score (nSPS) is 17.3. The van der Waals surface area contributed by atoms with Crippen LogP contribution in [0.1, 0.15) is 24.4 Å². The molecule has 35 heavy (non-hydrogen) atoms. The Bertz CT molecular complexity index is 1240. The summed E-state index contributed by atoms with van der Waals surface area (Å²) in [5, 5.41) is 2.93. The molecule has 0 radical (unpaired) electrons. The number of aromatic nitrogens is 3. The Morgan fingerprint density at radius 2 is 1.83 bits per heavy atom. The highest BCUT2D eigenvalue weighted by molar-refractivity contribution is 7.82. The standard InChI is InChI=1S/C22H18ClF4N5O2S/c23-18-12-28-15(8-17(18)13-9-30-21(31-10-13)22(25,26)27)11-29-20(33)19-2-1-7-32(19)35(34)16-5-3-14(24)4-6-16/h3-6,8-10,12,19H,1-2,7,11H2,(H,29,33). The van der Waals surface area contributed by atoms with Crippen LogP contribution in [0.15, 0.2) is 53.8 Å². The molecule has 4 rings (SSSR count). The molecule has 2 aromatic heterocycles. The summed E-state index contributed by atoms with van der Waals surface area (Å²) in [6, 6.07) is 6.15. The zero-order valence-corrected chi connectivity index (χ0v) is 19.5. The second-order valence-corrected chi connectivity index (χ2v) is 9.51. The number of hydrogen-bond donors (Lipinski definition) is 1. The Labute approximate surface area is 205 Å². The van der Waals surface area contributed by atoms with Crippen molar-refractivity contribution in [3.63, 3.8) is 0 Å². The minimum Gasteiger partial charge on any atom is -0.349 e. The van der Waals surface area contributed by atoms with E-state index >= 15 is 0 Å². The Morgan fingerprint density at radius 3 is 2.49 bits per heavy atom. The molecule has 0 bridgehead atoms. The van der Waals surface area contributed by atoms with Crippen molar-refractivity contribution in [2.45, 2.75) is 36.5 Å². The first kappa shape index (κ1) is 25.1. The number of pyridine rings is 1. The quantitative estimate of drug-likeness (QED) is 0.487. The van der Waals surface area contributed by atoms with Crippen LogP contribution in [0, 0.1) is 5.82 Å². The van der Waals surface area contributed by atoms with Crippen LogP contribution in [-0.2, 0) is 28.5 Å². The third kappa shape index (κ3) is 5.82. The average molecular weight is 528 g/mol. The first-order chi connectivity index (χ1) is 16.6. The first-order valence-electron chi connectivity index (χ1n) is 10.4. The Kier molecular flexibility index (Phi) is 7.43. The minimum absolute atomic E-state index is 0.0119. The fraction of sp³-hybridized carbons (Fsp3) is 0.273. The van der Waals surface area contributed by atoms with Crippen molar-refractivity contribution in [1.82, 2.24) is 24.6 Å². The second kappa shape index (κ2) is 10.3. The van der Waals surface area contributed by atoms with Gasteiger partial charge in [-0.2, -0.15) is 13.2 Å². The van der Waals surface area contributed by atoms with Gasteiger partial charge in [0.25, 0.3) is 0 Å². The summed E-state index contributed by atoms with van der Waals surface area (Å²) in [6.07, 6.45) is -0.142. The lowest BCUT2D eigenvalue weighted by Gasteiger charge is -2.22. The number of halogens is 5. The van der Waals surface area contributed by atoms with E-state index in [0.29, 0.717) is 35.5 Å². The highest BCUT2D eigenvalue weighted by atomic mass is 35.5. The number of nitrogens with zero attached hydrogens (tertiary/aromatic N) is 4. The van der Waals surface area contributed by atoms with Crippen LogP contribution >= 0.6 is 11.6 Å². The van der Waals surface area contributed by atoms with Gasteiger partial charge in [-0.25, -0.2) is 22.9 Å². The summed E-state index contributed by atoms with van der Waals surface area (Å²) in [6.45, 7) is 0.456. The molecule has 1 N–H and O–H groups in total. The fourth-order valence-electron chi connectivity index (χ4n) is 3.60. The van der Waals surface area contributed by atoms with Gasteiger partial charge in [-0.3, -0.25) is 9.78 Å². The topological polar surface area (TPSA) is 88.1 Å². The molecule has 13 heteroatoms. The molecule has 7 nitrogen and oxygen atoms in total. The van der Waals surface area contributed by atoms with Crippen LogP contribution in [0.2, 0.25) is 5.02 Å². The molecule has 2 atom stereocenters. The number of rotatable bonds is 6. The largest absolute Gasteiger partial charge is 0.451 e. The highest BCUT2D eigenvalue weighted by Crippen LogP contribution is 2.30. The lowest BCUT2D eigenvalue weighted by atomic mass is 10.1. The third-order valence-corrected chi connectivity index (χ3v) is 7.15. The molecule has 2 unspecified atom stereocenters. The molecule has 3 heterocycles. The van der Waals surface area contributed by atoms with Gasteiger partial charge in [0.05, 0.1) is 22.2 Å². The molecule has 1 amide bonds. The van der Waals surface area contributed by atoms with Gasteiger partial charge in [-0.05, 0) is 43.2 Å². The highest BCUT2D eigenvalue weighted by Gasteiger charge is 2.35. The average Bonchev–Trinajstić information content (AvgIpc) is 3.33. The molecule has 1 aliphatic rings. The van der Waals surface area contributed by atoms with Crippen molar-refractivity contribution < 1.29 is 26.6 Å². The molecular formula is C22H18ClF4N5O2S. The van der Waals surface area contributed by atoms with Gasteiger partial charge in [-0.1, -0.05) is 11.6 Å². The minimum atomic E-state index is -4.66. The van der Waals surface area contributed by atoms with E-state index in [4.69, 9.17) is 11.6 Å². The molecule has 0 aliphatic carbocycles. The number of nitrogens with one attached hydrogen (secondary N) is 1. The molecule has 0 spiro atoms. The summed E-state index contributed by atoms with van der Waals surface area (Å²) in [7, 11) is -1.63. The fourth-order valence-corrected chi connectivity index (χ4v) is 5.18. The van der Waals surface area contributed by atoms with E-state index in [0.717, 1.165) is 12.4 Å². The maximum absolute atomic E-state index is 13.2. The van der Waals surface area contributed by atoms with Crippen molar-refractivity contribution in [3.05, 3.63) is 71.3 Å². The van der Waals surface area contributed by atoms with Gasteiger partial charge in [0.15, 0.2) is 0 Å². The SMILES string of the molecule is O=C(NCc1cc(-c2cnc(C(F)(F)F)nc2)c(Cl)cn1)C1CCCN1S(=O)c1ccc(F)cc1. The number of carbonyl (C=O) groups excluding carboxylic acids is 1. The summed E-state index contributed by atoms with van der Waals surface area (Å²) in [5.74, 6) is -2.06. The molecule has 1 fully saturated rings. The molecule has 0 saturated carbocycles. The molecule has 1 saturated heterocycles. The van der Waals surface area contributed by atoms with Crippen molar-refractivity contribution in [2.24, 2.45) is 0 Å². The number of benzene rings is 1. The van der Waals surface area contributed by atoms with E-state index in [1.54, 1.807) is 4.31 Å². The van der Waals surface area contributed by atoms with Crippen molar-refractivity contribution in [1.29, 1.82) is 0 Å². The number of alkyl halides is 3. The Balaban J connectivity index is 1.44. The van der Waals surface area contributed by atoms with Crippen LogP contribution in [-0.4, -0.2) is 42.0 Å². The van der Waals surface area contributed by atoms with Crippen LogP contribution < -0.4 is 5.32 Å². The Morgan fingerprint density at radius 1 is 1.14 bits per heavy atom. The van der Waals surface area contributed by atoms with Crippen LogP contribution in [0.4, 0.5) is 17.6 Å². The molecule has 184 valence electrons. The molecule has 1 aliphatic heterocycles. The van der Waals surface area contributed by atoms with Crippen LogP contribution in [0.3, 0.4) is 0 Å². The predicted molar refractivity (Wildman–Crippen MR) is 120 cm³/mol. The van der Waals surface area contributed by atoms with Gasteiger partial charge in [0.1, 0.15) is 22.8 Å². The maximum atomic E-state index is 13.2. The summed E-state index contributed by atoms with van der Waals surface area (Å²) < 4.78 is 65.8. The van der Waals surface area contributed by atoms with E-state index in [1.807, 2.05) is 0 Å². The number of hydrogen-bond acceptors (Lipinski definition) is 5. The van der Waals surface area contributed by atoms with Crippen molar-refractivity contribution in [3.8, 4) is 11.1 Å². The van der Waals surface area contributed by atoms with Gasteiger partial charge in [0, 0.05) is 36.3 Å². The monoisotopic (exact) mass is 527 g/mol. The van der Waals surface area contributed by atoms with E-state index in [9.17, 15) is 26.6 Å². The van der Waals surface area contributed by atoms with E-state index in [-0.39, 0.29) is 23.0 Å². The lowest BCUT2D eigenvalue weighted by molar-refractivity contribution is -0.145. The zero-order valence-electron chi connectivity index (χ0n) is 17.9. The van der Waals surface area contributed by atoms with Gasteiger partial charge < -0.3 is 5.32 Å². The second-order valence-electron chi connectivity index (χ2n) is 7.67. The van der Waals surface area contributed by atoms with Crippen LogP contribution in [0.5, 0.6) is 0 Å². The maximum Gasteiger partial charge on any atom is 0.451 e.